The second kappa shape index (κ2) is 5.82. The van der Waals surface area contributed by atoms with Crippen LogP contribution in [0.3, 0.4) is 0 Å². The van der Waals surface area contributed by atoms with Gasteiger partial charge in [-0.15, -0.1) is 0 Å². The number of hydrogen-bond donors (Lipinski definition) is 2. The average molecular weight is 232 g/mol. The Morgan fingerprint density at radius 1 is 1.35 bits per heavy atom. The van der Waals surface area contributed by atoms with E-state index in [-0.39, 0.29) is 11.9 Å². The van der Waals surface area contributed by atoms with Crippen LogP contribution in [-0.4, -0.2) is 19.0 Å². The van der Waals surface area contributed by atoms with Crippen molar-refractivity contribution in [3.05, 3.63) is 35.9 Å². The first kappa shape index (κ1) is 12.1. The highest BCUT2D eigenvalue weighted by Gasteiger charge is 2.21. The van der Waals surface area contributed by atoms with E-state index in [1.54, 1.807) is 0 Å². The molecule has 2 rings (SSSR count). The summed E-state index contributed by atoms with van der Waals surface area (Å²) in [4.78, 5) is 11.5. The van der Waals surface area contributed by atoms with E-state index < -0.39 is 0 Å². The summed E-state index contributed by atoms with van der Waals surface area (Å²) in [5.74, 6) is 0.838. The van der Waals surface area contributed by atoms with Gasteiger partial charge >= 0.3 is 0 Å². The van der Waals surface area contributed by atoms with Crippen LogP contribution in [0.5, 0.6) is 0 Å². The molecule has 0 bridgehead atoms. The molecular weight excluding hydrogens is 212 g/mol. The van der Waals surface area contributed by atoms with E-state index in [2.05, 4.69) is 29.7 Å². The van der Waals surface area contributed by atoms with Gasteiger partial charge in [-0.1, -0.05) is 30.3 Å². The molecule has 1 saturated carbocycles. The fraction of sp³-hybridized carbons (Fsp3) is 0.500. The second-order valence-electron chi connectivity index (χ2n) is 4.76. The van der Waals surface area contributed by atoms with E-state index in [9.17, 15) is 4.79 Å². The van der Waals surface area contributed by atoms with Gasteiger partial charge in [0.25, 0.3) is 0 Å². The molecule has 2 N–H and O–H groups in total. The van der Waals surface area contributed by atoms with Crippen molar-refractivity contribution < 1.29 is 4.79 Å². The minimum atomic E-state index is 0.0969. The van der Waals surface area contributed by atoms with Crippen LogP contribution in [0.1, 0.15) is 31.4 Å². The van der Waals surface area contributed by atoms with Crippen molar-refractivity contribution in [3.8, 4) is 0 Å². The van der Waals surface area contributed by atoms with Crippen LogP contribution in [0.15, 0.2) is 30.3 Å². The molecule has 1 aliphatic carbocycles. The monoisotopic (exact) mass is 232 g/mol. The first-order valence-corrected chi connectivity index (χ1v) is 6.30. The first-order valence-electron chi connectivity index (χ1n) is 6.30. The molecule has 1 atom stereocenters. The molecule has 17 heavy (non-hydrogen) atoms. The fourth-order valence-corrected chi connectivity index (χ4v) is 1.75. The highest BCUT2D eigenvalue weighted by atomic mass is 16.1. The lowest BCUT2D eigenvalue weighted by molar-refractivity contribution is -0.120. The third kappa shape index (κ3) is 4.19. The highest BCUT2D eigenvalue weighted by molar-refractivity contribution is 5.78. The van der Waals surface area contributed by atoms with Gasteiger partial charge in [-0.2, -0.15) is 0 Å². The van der Waals surface area contributed by atoms with Crippen molar-refractivity contribution >= 4 is 5.91 Å². The number of carbonyl (C=O) groups is 1. The molecule has 92 valence electrons. The minimum Gasteiger partial charge on any atom is -0.355 e. The lowest BCUT2D eigenvalue weighted by atomic mass is 10.1. The van der Waals surface area contributed by atoms with Gasteiger partial charge in [-0.05, 0) is 31.2 Å². The van der Waals surface area contributed by atoms with Crippen molar-refractivity contribution in [2.24, 2.45) is 5.92 Å². The minimum absolute atomic E-state index is 0.0969. The zero-order valence-corrected chi connectivity index (χ0v) is 10.3. The summed E-state index contributed by atoms with van der Waals surface area (Å²) in [6.45, 7) is 3.31. The molecule has 1 aromatic rings. The van der Waals surface area contributed by atoms with E-state index in [0.717, 1.165) is 12.5 Å². The van der Waals surface area contributed by atoms with Crippen molar-refractivity contribution in [1.82, 2.24) is 10.6 Å². The SMILES string of the molecule is CC(NCC(=O)NCC1CC1)c1ccccc1. The maximum absolute atomic E-state index is 11.5. The van der Waals surface area contributed by atoms with Gasteiger partial charge in [0.15, 0.2) is 0 Å². The Morgan fingerprint density at radius 2 is 2.06 bits per heavy atom. The largest absolute Gasteiger partial charge is 0.355 e. The summed E-state index contributed by atoms with van der Waals surface area (Å²) in [5, 5.41) is 6.18. The Hall–Kier alpha value is -1.35. The van der Waals surface area contributed by atoms with Crippen molar-refractivity contribution in [1.29, 1.82) is 0 Å². The molecule has 3 nitrogen and oxygen atoms in total. The maximum atomic E-state index is 11.5. The molecule has 0 spiro atoms. The number of carbonyl (C=O) groups excluding carboxylic acids is 1. The summed E-state index contributed by atoms with van der Waals surface area (Å²) in [7, 11) is 0. The van der Waals surface area contributed by atoms with Gasteiger partial charge in [0, 0.05) is 12.6 Å². The van der Waals surface area contributed by atoms with E-state index in [0.29, 0.717) is 6.54 Å². The van der Waals surface area contributed by atoms with Gasteiger partial charge in [0.2, 0.25) is 5.91 Å². The Bertz CT molecular complexity index is 360. The Morgan fingerprint density at radius 3 is 2.71 bits per heavy atom. The molecule has 1 aromatic carbocycles. The van der Waals surface area contributed by atoms with Crippen LogP contribution in [0, 0.1) is 5.92 Å². The predicted molar refractivity (Wildman–Crippen MR) is 68.6 cm³/mol. The molecule has 0 heterocycles. The highest BCUT2D eigenvalue weighted by Crippen LogP contribution is 2.27. The summed E-state index contributed by atoms with van der Waals surface area (Å²) >= 11 is 0. The summed E-state index contributed by atoms with van der Waals surface area (Å²) < 4.78 is 0. The maximum Gasteiger partial charge on any atom is 0.233 e. The first-order chi connectivity index (χ1) is 8.25. The normalized spacial score (nSPS) is 16.5. The van der Waals surface area contributed by atoms with Crippen LogP contribution >= 0.6 is 0 Å². The molecule has 0 aromatic heterocycles. The zero-order chi connectivity index (χ0) is 12.1. The zero-order valence-electron chi connectivity index (χ0n) is 10.3. The van der Waals surface area contributed by atoms with Gasteiger partial charge < -0.3 is 10.6 Å². The van der Waals surface area contributed by atoms with Gasteiger partial charge in [-0.3, -0.25) is 4.79 Å². The summed E-state index contributed by atoms with van der Waals surface area (Å²) in [6, 6.07) is 10.4. The lowest BCUT2D eigenvalue weighted by Crippen LogP contribution is -2.35. The molecular formula is C14H20N2O. The summed E-state index contributed by atoms with van der Waals surface area (Å²) in [5.41, 5.74) is 1.21. The van der Waals surface area contributed by atoms with E-state index in [1.165, 1.54) is 18.4 Å². The van der Waals surface area contributed by atoms with Crippen molar-refractivity contribution in [2.75, 3.05) is 13.1 Å². The molecule has 0 saturated heterocycles. The predicted octanol–water partition coefficient (Wildman–Crippen LogP) is 1.86. The molecule has 1 fully saturated rings. The topological polar surface area (TPSA) is 41.1 Å². The number of hydrogen-bond acceptors (Lipinski definition) is 2. The molecule has 3 heteroatoms. The third-order valence-corrected chi connectivity index (χ3v) is 3.15. The lowest BCUT2D eigenvalue weighted by Gasteiger charge is -2.13. The molecule has 1 amide bonds. The van der Waals surface area contributed by atoms with Crippen LogP contribution < -0.4 is 10.6 Å². The van der Waals surface area contributed by atoms with Gasteiger partial charge in [0.05, 0.1) is 6.54 Å². The van der Waals surface area contributed by atoms with E-state index in [4.69, 9.17) is 0 Å². The number of rotatable bonds is 6. The Balaban J connectivity index is 1.68. The Kier molecular flexibility index (Phi) is 4.15. The van der Waals surface area contributed by atoms with Crippen LogP contribution in [0.4, 0.5) is 0 Å². The summed E-state index contributed by atoms with van der Waals surface area (Å²) in [6.07, 6.45) is 2.54. The molecule has 1 unspecified atom stereocenters. The fourth-order valence-electron chi connectivity index (χ4n) is 1.75. The quantitative estimate of drug-likeness (QED) is 0.786. The average Bonchev–Trinajstić information content (AvgIpc) is 3.18. The van der Waals surface area contributed by atoms with Crippen LogP contribution in [0.25, 0.3) is 0 Å². The number of amides is 1. The van der Waals surface area contributed by atoms with E-state index >= 15 is 0 Å². The Labute approximate surface area is 103 Å². The smallest absolute Gasteiger partial charge is 0.233 e. The number of benzene rings is 1. The van der Waals surface area contributed by atoms with Gasteiger partial charge in [0.1, 0.15) is 0 Å². The third-order valence-electron chi connectivity index (χ3n) is 3.15. The molecule has 1 aliphatic rings. The molecule has 0 aliphatic heterocycles. The van der Waals surface area contributed by atoms with Crippen LogP contribution in [0.2, 0.25) is 0 Å². The number of nitrogens with one attached hydrogen (secondary N) is 2. The van der Waals surface area contributed by atoms with Crippen molar-refractivity contribution in [3.63, 3.8) is 0 Å². The second-order valence-corrected chi connectivity index (χ2v) is 4.76. The molecule has 0 radical (unpaired) electrons. The van der Waals surface area contributed by atoms with E-state index in [1.807, 2.05) is 18.2 Å². The van der Waals surface area contributed by atoms with Crippen molar-refractivity contribution in [2.45, 2.75) is 25.8 Å². The standard InChI is InChI=1S/C14H20N2O/c1-11(13-5-3-2-4-6-13)15-10-14(17)16-9-12-7-8-12/h2-6,11-12,15H,7-10H2,1H3,(H,16,17). The van der Waals surface area contributed by atoms with Gasteiger partial charge in [-0.25, -0.2) is 0 Å². The van der Waals surface area contributed by atoms with Crippen LogP contribution in [-0.2, 0) is 4.79 Å².